The van der Waals surface area contributed by atoms with Crippen LogP contribution in [0.2, 0.25) is 0 Å². The monoisotopic (exact) mass is 235 g/mol. The highest BCUT2D eigenvalue weighted by Gasteiger charge is 2.14. The number of thiocarbonyl (C=S) groups is 1. The highest BCUT2D eigenvalue weighted by Crippen LogP contribution is 2.14. The van der Waals surface area contributed by atoms with E-state index in [0.29, 0.717) is 5.56 Å². The maximum Gasteiger partial charge on any atom is 0.297 e. The van der Waals surface area contributed by atoms with Gasteiger partial charge in [-0.05, 0) is 0 Å². The van der Waals surface area contributed by atoms with Crippen molar-refractivity contribution in [1.29, 1.82) is 0 Å². The van der Waals surface area contributed by atoms with Gasteiger partial charge in [-0.1, -0.05) is 12.2 Å². The summed E-state index contributed by atoms with van der Waals surface area (Å²) in [5.74, 6) is 0.153. The fourth-order valence-electron chi connectivity index (χ4n) is 0.874. The van der Waals surface area contributed by atoms with Crippen LogP contribution in [0.3, 0.4) is 0 Å². The first-order valence-electron chi connectivity index (χ1n) is 3.43. The van der Waals surface area contributed by atoms with Gasteiger partial charge in [0.25, 0.3) is 10.2 Å². The van der Waals surface area contributed by atoms with Crippen LogP contribution in [0.1, 0.15) is 5.56 Å². The van der Waals surface area contributed by atoms with Crippen LogP contribution in [0.5, 0.6) is 0 Å². The van der Waals surface area contributed by atoms with Crippen LogP contribution in [-0.2, 0) is 17.3 Å². The van der Waals surface area contributed by atoms with Gasteiger partial charge in [-0.25, -0.2) is 5.14 Å². The molecule has 0 unspecified atom stereocenters. The van der Waals surface area contributed by atoms with Gasteiger partial charge < -0.3 is 5.73 Å². The van der Waals surface area contributed by atoms with E-state index in [1.807, 2.05) is 0 Å². The highest BCUT2D eigenvalue weighted by atomic mass is 32.2. The van der Waals surface area contributed by atoms with Gasteiger partial charge >= 0.3 is 0 Å². The number of nitrogens with one attached hydrogen (secondary N) is 1. The van der Waals surface area contributed by atoms with Crippen LogP contribution >= 0.6 is 12.2 Å². The molecule has 0 aliphatic rings. The van der Waals surface area contributed by atoms with Crippen molar-refractivity contribution < 1.29 is 8.42 Å². The van der Waals surface area contributed by atoms with Crippen molar-refractivity contribution in [2.45, 2.75) is 0 Å². The summed E-state index contributed by atoms with van der Waals surface area (Å²) in [6.45, 7) is 0. The quantitative estimate of drug-likeness (QED) is 0.561. The van der Waals surface area contributed by atoms with Gasteiger partial charge in [0.2, 0.25) is 0 Å². The Morgan fingerprint density at radius 3 is 2.71 bits per heavy atom. The maximum absolute atomic E-state index is 10.8. The fraction of sp³-hybridized carbons (Fsp3) is 0.200. The first-order chi connectivity index (χ1) is 6.31. The average Bonchev–Trinajstić information content (AvgIpc) is 2.29. The summed E-state index contributed by atoms with van der Waals surface area (Å²) in [5, 5.41) is 8.59. The van der Waals surface area contributed by atoms with E-state index in [2.05, 4.69) is 9.82 Å². The topological polar surface area (TPSA) is 116 Å². The molecule has 0 radical (unpaired) electrons. The van der Waals surface area contributed by atoms with Gasteiger partial charge in [-0.2, -0.15) is 13.5 Å². The Morgan fingerprint density at radius 1 is 1.71 bits per heavy atom. The fourth-order valence-corrected chi connectivity index (χ4v) is 1.53. The molecule has 0 aliphatic carbocycles. The van der Waals surface area contributed by atoms with Gasteiger partial charge in [-0.15, -0.1) is 0 Å². The largest absolute Gasteiger partial charge is 0.389 e. The van der Waals surface area contributed by atoms with E-state index in [4.69, 9.17) is 23.1 Å². The Labute approximate surface area is 86.3 Å². The molecule has 1 rings (SSSR count). The summed E-state index contributed by atoms with van der Waals surface area (Å²) in [7, 11) is -2.31. The molecule has 0 bridgehead atoms. The molecule has 0 spiro atoms. The molecule has 0 amide bonds. The first-order valence-corrected chi connectivity index (χ1v) is 5.39. The SMILES string of the molecule is Cn1ncc(C(N)=S)c1NS(N)(=O)=O. The third kappa shape index (κ3) is 2.40. The number of anilines is 1. The number of aryl methyl sites for hydroxylation is 1. The number of aromatic nitrogens is 2. The van der Waals surface area contributed by atoms with Crippen LogP contribution in [0.15, 0.2) is 6.20 Å². The summed E-state index contributed by atoms with van der Waals surface area (Å²) in [4.78, 5) is 0.0456. The zero-order chi connectivity index (χ0) is 10.9. The summed E-state index contributed by atoms with van der Waals surface area (Å²) >= 11 is 4.70. The van der Waals surface area contributed by atoms with Gasteiger partial charge in [0.05, 0.1) is 11.8 Å². The first kappa shape index (κ1) is 10.9. The Balaban J connectivity index is 3.19. The number of nitrogens with zero attached hydrogens (tertiary/aromatic N) is 2. The van der Waals surface area contributed by atoms with Crippen molar-refractivity contribution in [3.63, 3.8) is 0 Å². The van der Waals surface area contributed by atoms with Crippen LogP contribution in [0, 0.1) is 0 Å². The Hall–Kier alpha value is -1.19. The molecule has 0 saturated carbocycles. The van der Waals surface area contributed by atoms with E-state index in [9.17, 15) is 8.42 Å². The third-order valence-corrected chi connectivity index (χ3v) is 2.14. The predicted molar refractivity (Wildman–Crippen MR) is 55.8 cm³/mol. The Bertz CT molecular complexity index is 462. The van der Waals surface area contributed by atoms with Gasteiger partial charge in [-0.3, -0.25) is 9.40 Å². The average molecular weight is 235 g/mol. The smallest absolute Gasteiger partial charge is 0.297 e. The highest BCUT2D eigenvalue weighted by molar-refractivity contribution is 7.90. The van der Waals surface area contributed by atoms with E-state index in [-0.39, 0.29) is 10.8 Å². The summed E-state index contributed by atoms with van der Waals surface area (Å²) in [6.07, 6.45) is 1.36. The second kappa shape index (κ2) is 3.52. The molecule has 1 aromatic heterocycles. The molecule has 9 heteroatoms. The summed E-state index contributed by atoms with van der Waals surface area (Å²) in [5.41, 5.74) is 5.68. The number of nitrogens with two attached hydrogens (primary N) is 2. The molecule has 14 heavy (non-hydrogen) atoms. The minimum absolute atomic E-state index is 0.0456. The Morgan fingerprint density at radius 2 is 2.29 bits per heavy atom. The normalized spacial score (nSPS) is 11.3. The van der Waals surface area contributed by atoms with Crippen molar-refractivity contribution in [3.05, 3.63) is 11.8 Å². The third-order valence-electron chi connectivity index (χ3n) is 1.44. The zero-order valence-electron chi connectivity index (χ0n) is 7.26. The van der Waals surface area contributed by atoms with E-state index in [1.165, 1.54) is 17.9 Å². The molecule has 1 aromatic rings. The second-order valence-electron chi connectivity index (χ2n) is 2.54. The molecular weight excluding hydrogens is 226 g/mol. The van der Waals surface area contributed by atoms with Crippen LogP contribution in [0.25, 0.3) is 0 Å². The minimum Gasteiger partial charge on any atom is -0.389 e. The van der Waals surface area contributed by atoms with Crippen LogP contribution in [-0.4, -0.2) is 23.2 Å². The standard InChI is InChI=1S/C5H9N5O2S2/c1-10-5(9-14(7,11)12)3(2-8-10)4(6)13/h2,9H,1H3,(H2,6,13)(H2,7,11,12). The molecule has 78 valence electrons. The van der Waals surface area contributed by atoms with Crippen LogP contribution in [0.4, 0.5) is 5.82 Å². The lowest BCUT2D eigenvalue weighted by atomic mass is 10.3. The molecule has 1 heterocycles. The number of rotatable bonds is 3. The summed E-state index contributed by atoms with van der Waals surface area (Å²) < 4.78 is 24.9. The molecule has 0 aromatic carbocycles. The van der Waals surface area contributed by atoms with E-state index < -0.39 is 10.2 Å². The lowest BCUT2D eigenvalue weighted by molar-refractivity contribution is 0.602. The minimum atomic E-state index is -3.85. The molecule has 0 fully saturated rings. The van der Waals surface area contributed by atoms with Gasteiger partial charge in [0.1, 0.15) is 10.8 Å². The van der Waals surface area contributed by atoms with Crippen molar-refractivity contribution in [2.24, 2.45) is 17.9 Å². The zero-order valence-corrected chi connectivity index (χ0v) is 8.89. The van der Waals surface area contributed by atoms with E-state index in [1.54, 1.807) is 0 Å². The van der Waals surface area contributed by atoms with Crippen LogP contribution < -0.4 is 15.6 Å². The van der Waals surface area contributed by atoms with Gasteiger partial charge in [0.15, 0.2) is 0 Å². The lowest BCUT2D eigenvalue weighted by Crippen LogP contribution is -2.25. The second-order valence-corrected chi connectivity index (χ2v) is 4.28. The maximum atomic E-state index is 10.8. The number of hydrogen-bond donors (Lipinski definition) is 3. The predicted octanol–water partition coefficient (Wildman–Crippen LogP) is -1.33. The van der Waals surface area contributed by atoms with E-state index >= 15 is 0 Å². The molecular formula is C5H9N5O2S2. The molecule has 0 aliphatic heterocycles. The van der Waals surface area contributed by atoms with Crippen molar-refractivity contribution >= 4 is 33.2 Å². The Kier molecular flexibility index (Phi) is 2.73. The molecule has 7 nitrogen and oxygen atoms in total. The van der Waals surface area contributed by atoms with Gasteiger partial charge in [0, 0.05) is 7.05 Å². The molecule has 5 N–H and O–H groups in total. The van der Waals surface area contributed by atoms with E-state index in [0.717, 1.165) is 0 Å². The summed E-state index contributed by atoms with van der Waals surface area (Å²) in [6, 6.07) is 0. The van der Waals surface area contributed by atoms with Crippen molar-refractivity contribution in [3.8, 4) is 0 Å². The lowest BCUT2D eigenvalue weighted by Gasteiger charge is -2.05. The molecule has 0 saturated heterocycles. The molecule has 0 atom stereocenters. The van der Waals surface area contributed by atoms with Crippen molar-refractivity contribution in [2.75, 3.05) is 4.72 Å². The number of hydrogen-bond acceptors (Lipinski definition) is 4. The van der Waals surface area contributed by atoms with Crippen molar-refractivity contribution in [1.82, 2.24) is 9.78 Å².